The zero-order valence-corrected chi connectivity index (χ0v) is 38.2. The van der Waals surface area contributed by atoms with Crippen LogP contribution in [0.25, 0.3) is 10.9 Å². The lowest BCUT2D eigenvalue weighted by atomic mass is 9.88. The standard InChI is InChI=1S/C43H61N9O12S/c1-7-21(3)35-40(61)45-14-33(56)46-31-19-65(64)42-27(26-9-8-20(2)10-28(26)49-42)13-29(37(58)44-15-34(57)50-35)47-41(62)36(24(6)22(4)17-53)51-39(60)32-12-25(18-54)16-52(32)43(63)30(11-23(5)55)48-38(31)59/h8-10,21-22,24-25,29-32,35-36,49,53-54H,7,11-19H2,1-6H3,(H,44,58)(H,45,61)(H,46,56)(H,47,62)(H,48,59)(H,50,57)(H,51,60). The molecule has 1 aromatic heterocycles. The molecular formula is C43H61N9O12S. The molecule has 11 atom stereocenters. The van der Waals surface area contributed by atoms with E-state index in [1.54, 1.807) is 45.9 Å². The fourth-order valence-corrected chi connectivity index (χ4v) is 9.66. The molecule has 21 nitrogen and oxygen atoms in total. The molecule has 0 spiro atoms. The van der Waals surface area contributed by atoms with Crippen molar-refractivity contribution < 1.29 is 57.6 Å². The average Bonchev–Trinajstić information content (AvgIpc) is 3.87. The van der Waals surface area contributed by atoms with Crippen molar-refractivity contribution in [3.05, 3.63) is 29.3 Å². The maximum atomic E-state index is 14.7. The maximum Gasteiger partial charge on any atom is 0.246 e. The number of amides is 8. The number of carbonyl (C=O) groups excluding carboxylic acids is 9. The third kappa shape index (κ3) is 12.1. The number of aromatic nitrogens is 1. The predicted molar refractivity (Wildman–Crippen MR) is 235 cm³/mol. The van der Waals surface area contributed by atoms with E-state index in [-0.39, 0.29) is 30.0 Å². The van der Waals surface area contributed by atoms with Crippen LogP contribution in [0.5, 0.6) is 0 Å². The summed E-state index contributed by atoms with van der Waals surface area (Å²) in [7, 11) is -2.24. The van der Waals surface area contributed by atoms with E-state index in [1.165, 1.54) is 6.92 Å². The minimum absolute atomic E-state index is 0.00723. The van der Waals surface area contributed by atoms with Gasteiger partial charge in [0.2, 0.25) is 47.3 Å². The number of aryl methyl sites for hydroxylation is 1. The molecule has 0 radical (unpaired) electrons. The third-order valence-corrected chi connectivity index (χ3v) is 14.0. The number of carbonyl (C=O) groups is 9. The number of nitrogens with one attached hydrogen (secondary N) is 8. The van der Waals surface area contributed by atoms with Gasteiger partial charge in [-0.05, 0) is 55.2 Å². The van der Waals surface area contributed by atoms with E-state index < -0.39 is 162 Å². The molecule has 1 saturated heterocycles. The number of nitrogens with zero attached hydrogens (tertiary/aromatic N) is 1. The van der Waals surface area contributed by atoms with Crippen LogP contribution in [0.15, 0.2) is 23.2 Å². The number of rotatable bonds is 8. The van der Waals surface area contributed by atoms with Gasteiger partial charge in [-0.25, -0.2) is 0 Å². The zero-order valence-electron chi connectivity index (χ0n) is 37.4. The Morgan fingerprint density at radius 3 is 2.15 bits per heavy atom. The Bertz CT molecular complexity index is 2220. The molecule has 3 aliphatic rings. The van der Waals surface area contributed by atoms with Crippen molar-refractivity contribution in [1.29, 1.82) is 0 Å². The monoisotopic (exact) mass is 927 g/mol. The van der Waals surface area contributed by atoms with Gasteiger partial charge in [0.1, 0.15) is 47.1 Å². The molecule has 4 heterocycles. The molecule has 10 N–H and O–H groups in total. The van der Waals surface area contributed by atoms with Crippen molar-refractivity contribution in [2.45, 2.75) is 109 Å². The summed E-state index contributed by atoms with van der Waals surface area (Å²) in [6.45, 7) is 7.29. The highest BCUT2D eigenvalue weighted by Gasteiger charge is 2.45. The Labute approximate surface area is 378 Å². The number of ketones is 1. The first kappa shape index (κ1) is 50.3. The van der Waals surface area contributed by atoms with Gasteiger partial charge in [-0.2, -0.15) is 0 Å². The summed E-state index contributed by atoms with van der Waals surface area (Å²) in [4.78, 5) is 130. The van der Waals surface area contributed by atoms with Gasteiger partial charge in [0.15, 0.2) is 0 Å². The highest BCUT2D eigenvalue weighted by molar-refractivity contribution is 7.85. The number of benzene rings is 1. The minimum Gasteiger partial charge on any atom is -0.396 e. The Balaban J connectivity index is 1.74. The molecule has 2 aromatic rings. The summed E-state index contributed by atoms with van der Waals surface area (Å²) >= 11 is 0. The number of H-pyrrole nitrogens is 1. The lowest BCUT2D eigenvalue weighted by Gasteiger charge is -2.33. The Morgan fingerprint density at radius 1 is 0.831 bits per heavy atom. The molecule has 65 heavy (non-hydrogen) atoms. The summed E-state index contributed by atoms with van der Waals surface area (Å²) in [6, 6.07) is -3.59. The van der Waals surface area contributed by atoms with E-state index in [0.717, 1.165) is 10.5 Å². The van der Waals surface area contributed by atoms with Gasteiger partial charge in [0.25, 0.3) is 0 Å². The van der Waals surface area contributed by atoms with Crippen molar-refractivity contribution in [2.75, 3.05) is 38.6 Å². The molecule has 8 amide bonds. The van der Waals surface area contributed by atoms with Crippen molar-refractivity contribution >= 4 is 74.7 Å². The van der Waals surface area contributed by atoms with Gasteiger partial charge in [0.05, 0.1) is 29.6 Å². The van der Waals surface area contributed by atoms with Crippen molar-refractivity contribution in [1.82, 2.24) is 47.1 Å². The van der Waals surface area contributed by atoms with E-state index >= 15 is 0 Å². The van der Waals surface area contributed by atoms with E-state index in [4.69, 9.17) is 0 Å². The van der Waals surface area contributed by atoms with Crippen LogP contribution in [0.3, 0.4) is 0 Å². The van der Waals surface area contributed by atoms with Gasteiger partial charge < -0.3 is 57.3 Å². The second-order valence-corrected chi connectivity index (χ2v) is 18.9. The largest absolute Gasteiger partial charge is 0.396 e. The summed E-state index contributed by atoms with van der Waals surface area (Å²) in [5.74, 6) is -10.7. The lowest BCUT2D eigenvalue weighted by Crippen LogP contribution is -2.61. The molecule has 0 aliphatic carbocycles. The number of fused-ring (bicyclic) bond motifs is 5. The van der Waals surface area contributed by atoms with Crippen molar-refractivity contribution in [3.63, 3.8) is 0 Å². The molecule has 22 heteroatoms. The van der Waals surface area contributed by atoms with Gasteiger partial charge in [-0.15, -0.1) is 0 Å². The van der Waals surface area contributed by atoms with Crippen LogP contribution in [0.2, 0.25) is 0 Å². The molecular weight excluding hydrogens is 867 g/mol. The normalized spacial score (nSPS) is 28.3. The molecule has 5 rings (SSSR count). The molecule has 356 valence electrons. The smallest absolute Gasteiger partial charge is 0.246 e. The van der Waals surface area contributed by atoms with Crippen LogP contribution >= 0.6 is 0 Å². The van der Waals surface area contributed by atoms with Gasteiger partial charge in [-0.1, -0.05) is 46.2 Å². The zero-order chi connectivity index (χ0) is 47.9. The second-order valence-electron chi connectivity index (χ2n) is 17.5. The summed E-state index contributed by atoms with van der Waals surface area (Å²) < 4.78 is 14.7. The topological polar surface area (TPSA) is 314 Å². The van der Waals surface area contributed by atoms with Gasteiger partial charge >= 0.3 is 0 Å². The highest BCUT2D eigenvalue weighted by atomic mass is 32.2. The molecule has 1 aromatic carbocycles. The van der Waals surface area contributed by atoms with Gasteiger partial charge in [0, 0.05) is 49.4 Å². The van der Waals surface area contributed by atoms with E-state index in [1.807, 2.05) is 6.92 Å². The molecule has 3 aliphatic heterocycles. The fourth-order valence-electron chi connectivity index (χ4n) is 8.26. The Morgan fingerprint density at radius 2 is 1.51 bits per heavy atom. The second kappa shape index (κ2) is 22.0. The van der Waals surface area contributed by atoms with Crippen LogP contribution in [0.4, 0.5) is 0 Å². The van der Waals surface area contributed by atoms with Crippen molar-refractivity contribution in [2.24, 2.45) is 23.7 Å². The van der Waals surface area contributed by atoms with E-state index in [0.29, 0.717) is 17.3 Å². The molecule has 1 fully saturated rings. The molecule has 0 saturated carbocycles. The maximum absolute atomic E-state index is 14.7. The highest BCUT2D eigenvalue weighted by Crippen LogP contribution is 2.29. The van der Waals surface area contributed by atoms with Crippen LogP contribution in [-0.4, -0.2) is 152 Å². The lowest BCUT2D eigenvalue weighted by molar-refractivity contribution is -0.143. The third-order valence-electron chi connectivity index (χ3n) is 12.5. The number of aliphatic hydroxyl groups excluding tert-OH is 2. The summed E-state index contributed by atoms with van der Waals surface area (Å²) in [5.41, 5.74) is 1.53. The fraction of sp³-hybridized carbons (Fsp3) is 0.605. The number of aromatic amines is 1. The molecule has 2 bridgehead atoms. The number of hydrogen-bond donors (Lipinski definition) is 10. The number of hydrogen-bond acceptors (Lipinski definition) is 12. The first-order valence-electron chi connectivity index (χ1n) is 21.8. The van der Waals surface area contributed by atoms with Crippen LogP contribution in [-0.2, 0) is 60.4 Å². The van der Waals surface area contributed by atoms with Crippen LogP contribution < -0.4 is 37.2 Å². The van der Waals surface area contributed by atoms with Gasteiger partial charge in [-0.3, -0.25) is 47.4 Å². The summed E-state index contributed by atoms with van der Waals surface area (Å²) in [5, 5.41) is 38.9. The molecule has 11 unspecified atom stereocenters. The summed E-state index contributed by atoms with van der Waals surface area (Å²) in [6.07, 6.45) is -0.592. The van der Waals surface area contributed by atoms with E-state index in [9.17, 15) is 57.6 Å². The average molecular weight is 928 g/mol. The van der Waals surface area contributed by atoms with Crippen LogP contribution in [0, 0.1) is 30.6 Å². The van der Waals surface area contributed by atoms with Crippen molar-refractivity contribution in [3.8, 4) is 0 Å². The predicted octanol–water partition coefficient (Wildman–Crippen LogP) is -2.69. The first-order chi connectivity index (χ1) is 30.8. The number of Topliss-reactive ketones (excluding diaryl/α,β-unsaturated/α-hetero) is 1. The SMILES string of the molecule is CCC(C)C1NC(=O)CNC(=O)C2Cc3c([nH]c4cc(C)ccc34)S(=O)CC(NC(=O)CNC1=O)C(=O)NC(CC(C)=O)C(=O)N1CC(CO)CC1C(=O)NC(C(C)C(C)CO)C(=O)N2. The first-order valence-corrected chi connectivity index (χ1v) is 23.1. The minimum atomic E-state index is -2.24. The van der Waals surface area contributed by atoms with E-state index in [2.05, 4.69) is 42.2 Å². The Hall–Kier alpha value is -5.74. The van der Waals surface area contributed by atoms with Crippen LogP contribution in [0.1, 0.15) is 65.0 Å². The quantitative estimate of drug-likeness (QED) is 0.130. The Kier molecular flexibility index (Phi) is 17.0. The number of aliphatic hydroxyl groups is 2.